The first-order chi connectivity index (χ1) is 12.0. The van der Waals surface area contributed by atoms with Crippen LogP contribution in [0.15, 0.2) is 39.2 Å². The quantitative estimate of drug-likeness (QED) is 0.600. The Morgan fingerprint density at radius 2 is 1.80 bits per heavy atom. The molecule has 0 unspecified atom stereocenters. The van der Waals surface area contributed by atoms with Crippen LogP contribution in [0.5, 0.6) is 0 Å². The van der Waals surface area contributed by atoms with Crippen molar-refractivity contribution < 1.29 is 13.2 Å². The molecule has 25 heavy (non-hydrogen) atoms. The molecule has 4 aromatic rings. The van der Waals surface area contributed by atoms with E-state index in [2.05, 4.69) is 20.2 Å². The topological polar surface area (TPSA) is 67.3 Å². The number of oxazole rings is 2. The first-order valence-electron chi connectivity index (χ1n) is 7.86. The van der Waals surface area contributed by atoms with Crippen LogP contribution in [0, 0.1) is 12.7 Å². The molecule has 2 heterocycles. The summed E-state index contributed by atoms with van der Waals surface area (Å²) in [6.45, 7) is 2.59. The van der Waals surface area contributed by atoms with Gasteiger partial charge in [0.25, 0.3) is 0 Å². The van der Waals surface area contributed by atoms with Crippen LogP contribution in [0.4, 0.5) is 16.4 Å². The number of nitrogens with zero attached hydrogens (tertiary/aromatic N) is 3. The lowest BCUT2D eigenvalue weighted by Crippen LogP contribution is -2.10. The number of rotatable bonds is 4. The van der Waals surface area contributed by atoms with Crippen molar-refractivity contribution in [2.45, 2.75) is 13.5 Å². The number of fused-ring (bicyclic) bond motifs is 2. The van der Waals surface area contributed by atoms with Crippen molar-refractivity contribution in [3.05, 3.63) is 47.3 Å². The van der Waals surface area contributed by atoms with E-state index >= 15 is 0 Å². The standard InChI is InChI=1S/C18H17FN4O2/c1-10-6-12(19)8-14-16(10)25-18(21-14)22-17-20-13-7-11(9-23(2)3)4-5-15(13)24-17/h4-8H,9H2,1-3H3,(H,20,21,22). The summed E-state index contributed by atoms with van der Waals surface area (Å²) in [5.74, 6) is -0.347. The van der Waals surface area contributed by atoms with Crippen molar-refractivity contribution >= 4 is 34.2 Å². The summed E-state index contributed by atoms with van der Waals surface area (Å²) in [5.41, 5.74) is 4.23. The van der Waals surface area contributed by atoms with E-state index in [1.54, 1.807) is 6.92 Å². The molecule has 0 aliphatic carbocycles. The average Bonchev–Trinajstić information content (AvgIpc) is 3.09. The molecule has 7 heteroatoms. The monoisotopic (exact) mass is 340 g/mol. The number of hydrogen-bond donors (Lipinski definition) is 1. The van der Waals surface area contributed by atoms with E-state index in [0.29, 0.717) is 22.2 Å². The highest BCUT2D eigenvalue weighted by molar-refractivity contribution is 5.79. The molecule has 2 aromatic heterocycles. The molecule has 0 saturated carbocycles. The largest absolute Gasteiger partial charge is 0.423 e. The molecule has 0 atom stereocenters. The second-order valence-electron chi connectivity index (χ2n) is 6.27. The predicted octanol–water partition coefficient (Wildman–Crippen LogP) is 4.22. The third-order valence-corrected chi connectivity index (χ3v) is 3.81. The fourth-order valence-corrected chi connectivity index (χ4v) is 2.79. The van der Waals surface area contributed by atoms with Gasteiger partial charge in [0.15, 0.2) is 11.2 Å². The number of nitrogens with one attached hydrogen (secondary N) is 1. The van der Waals surface area contributed by atoms with Crippen molar-refractivity contribution in [3.63, 3.8) is 0 Å². The Morgan fingerprint density at radius 1 is 1.04 bits per heavy atom. The van der Waals surface area contributed by atoms with Gasteiger partial charge in [-0.05, 0) is 50.3 Å². The highest BCUT2D eigenvalue weighted by Crippen LogP contribution is 2.27. The smallest absolute Gasteiger partial charge is 0.303 e. The lowest BCUT2D eigenvalue weighted by molar-refractivity contribution is 0.402. The van der Waals surface area contributed by atoms with E-state index in [-0.39, 0.29) is 17.8 Å². The van der Waals surface area contributed by atoms with E-state index < -0.39 is 0 Å². The van der Waals surface area contributed by atoms with Crippen molar-refractivity contribution in [2.24, 2.45) is 0 Å². The van der Waals surface area contributed by atoms with Crippen LogP contribution in [0.2, 0.25) is 0 Å². The van der Waals surface area contributed by atoms with Crippen LogP contribution in [0.1, 0.15) is 11.1 Å². The molecule has 4 rings (SSSR count). The predicted molar refractivity (Wildman–Crippen MR) is 93.4 cm³/mol. The van der Waals surface area contributed by atoms with Crippen molar-refractivity contribution in [1.29, 1.82) is 0 Å². The number of halogens is 1. The third kappa shape index (κ3) is 3.06. The first-order valence-corrected chi connectivity index (χ1v) is 7.86. The van der Waals surface area contributed by atoms with Gasteiger partial charge in [0.05, 0.1) is 0 Å². The number of hydrogen-bond acceptors (Lipinski definition) is 6. The summed E-state index contributed by atoms with van der Waals surface area (Å²) < 4.78 is 24.8. The maximum absolute atomic E-state index is 13.5. The van der Waals surface area contributed by atoms with Gasteiger partial charge in [-0.15, -0.1) is 0 Å². The Labute approximate surface area is 143 Å². The van der Waals surface area contributed by atoms with Crippen LogP contribution in [-0.2, 0) is 6.54 Å². The molecular weight excluding hydrogens is 323 g/mol. The summed E-state index contributed by atoms with van der Waals surface area (Å²) in [6.07, 6.45) is 0. The van der Waals surface area contributed by atoms with Crippen LogP contribution in [-0.4, -0.2) is 29.0 Å². The maximum atomic E-state index is 13.5. The van der Waals surface area contributed by atoms with Crippen molar-refractivity contribution in [1.82, 2.24) is 14.9 Å². The molecule has 1 N–H and O–H groups in total. The van der Waals surface area contributed by atoms with Gasteiger partial charge in [-0.25, -0.2) is 4.39 Å². The Morgan fingerprint density at radius 3 is 2.60 bits per heavy atom. The first kappa shape index (κ1) is 15.6. The van der Waals surface area contributed by atoms with Gasteiger partial charge in [0, 0.05) is 12.6 Å². The lowest BCUT2D eigenvalue weighted by atomic mass is 10.2. The Hall–Kier alpha value is -2.93. The van der Waals surface area contributed by atoms with E-state index in [1.165, 1.54) is 12.1 Å². The normalized spacial score (nSPS) is 11.7. The van der Waals surface area contributed by atoms with E-state index in [1.807, 2.05) is 32.3 Å². The molecule has 0 spiro atoms. The molecule has 0 fully saturated rings. The Balaban J connectivity index is 1.65. The fourth-order valence-electron chi connectivity index (χ4n) is 2.79. The minimum atomic E-state index is -0.347. The summed E-state index contributed by atoms with van der Waals surface area (Å²) in [6, 6.07) is 9.10. The molecular formula is C18H17FN4O2. The lowest BCUT2D eigenvalue weighted by Gasteiger charge is -2.08. The number of benzene rings is 2. The molecule has 0 bridgehead atoms. The van der Waals surface area contributed by atoms with Crippen LogP contribution in [0.3, 0.4) is 0 Å². The van der Waals surface area contributed by atoms with Crippen LogP contribution >= 0.6 is 0 Å². The maximum Gasteiger partial charge on any atom is 0.303 e. The summed E-state index contributed by atoms with van der Waals surface area (Å²) >= 11 is 0. The summed E-state index contributed by atoms with van der Waals surface area (Å²) in [4.78, 5) is 10.7. The van der Waals surface area contributed by atoms with Crippen molar-refractivity contribution in [2.75, 3.05) is 19.4 Å². The summed E-state index contributed by atoms with van der Waals surface area (Å²) in [7, 11) is 4.02. The number of aryl methyl sites for hydroxylation is 1. The Bertz CT molecular complexity index is 1070. The second-order valence-corrected chi connectivity index (χ2v) is 6.27. The molecule has 128 valence electrons. The number of aromatic nitrogens is 2. The molecule has 0 saturated heterocycles. The molecule has 0 amide bonds. The zero-order valence-corrected chi connectivity index (χ0v) is 14.1. The minimum Gasteiger partial charge on any atom is -0.423 e. The van der Waals surface area contributed by atoms with E-state index in [0.717, 1.165) is 17.6 Å². The molecule has 0 radical (unpaired) electrons. The van der Waals surface area contributed by atoms with E-state index in [9.17, 15) is 4.39 Å². The fraction of sp³-hybridized carbons (Fsp3) is 0.222. The minimum absolute atomic E-state index is 0.212. The Kier molecular flexibility index (Phi) is 3.65. The third-order valence-electron chi connectivity index (χ3n) is 3.81. The molecule has 0 aliphatic rings. The second kappa shape index (κ2) is 5.86. The van der Waals surface area contributed by atoms with Crippen LogP contribution in [0.25, 0.3) is 22.2 Å². The van der Waals surface area contributed by atoms with Gasteiger partial charge in [-0.1, -0.05) is 6.07 Å². The zero-order chi connectivity index (χ0) is 17.6. The van der Waals surface area contributed by atoms with Gasteiger partial charge in [0.2, 0.25) is 0 Å². The average molecular weight is 340 g/mol. The highest BCUT2D eigenvalue weighted by atomic mass is 19.1. The molecule has 6 nitrogen and oxygen atoms in total. The highest BCUT2D eigenvalue weighted by Gasteiger charge is 2.13. The zero-order valence-electron chi connectivity index (χ0n) is 14.1. The summed E-state index contributed by atoms with van der Waals surface area (Å²) in [5, 5.41) is 2.90. The number of anilines is 2. The van der Waals surface area contributed by atoms with Gasteiger partial charge in [-0.2, -0.15) is 9.97 Å². The van der Waals surface area contributed by atoms with Gasteiger partial charge in [-0.3, -0.25) is 5.32 Å². The van der Waals surface area contributed by atoms with Gasteiger partial charge in [0.1, 0.15) is 16.9 Å². The van der Waals surface area contributed by atoms with Crippen molar-refractivity contribution in [3.8, 4) is 0 Å². The molecule has 2 aromatic carbocycles. The SMILES string of the molecule is Cc1cc(F)cc2nc(Nc3nc4cc(CN(C)C)ccc4o3)oc12. The molecule has 0 aliphatic heterocycles. The van der Waals surface area contributed by atoms with Gasteiger partial charge >= 0.3 is 12.0 Å². The van der Waals surface area contributed by atoms with Crippen LogP contribution < -0.4 is 5.32 Å². The van der Waals surface area contributed by atoms with E-state index in [4.69, 9.17) is 8.83 Å². The van der Waals surface area contributed by atoms with Gasteiger partial charge < -0.3 is 13.7 Å².